The first-order valence-electron chi connectivity index (χ1n) is 5.97. The zero-order chi connectivity index (χ0) is 13.4. The summed E-state index contributed by atoms with van der Waals surface area (Å²) in [6.45, 7) is 2.00. The average molecular weight is 270 g/mol. The number of hydrogen-bond acceptors (Lipinski definition) is 4. The van der Waals surface area contributed by atoms with Gasteiger partial charge in [0, 0.05) is 18.3 Å². The predicted molar refractivity (Wildman–Crippen MR) is 78.9 cm³/mol. The Bertz CT molecular complexity index is 713. The number of nitrogens with zero attached hydrogens (tertiary/aromatic N) is 3. The second-order valence-corrected chi connectivity index (χ2v) is 5.33. The Morgan fingerprint density at radius 2 is 2.05 bits per heavy atom. The van der Waals surface area contributed by atoms with Crippen LogP contribution in [-0.4, -0.2) is 14.8 Å². The molecule has 5 heteroatoms. The Morgan fingerprint density at radius 1 is 1.21 bits per heavy atom. The lowest BCUT2D eigenvalue weighted by molar-refractivity contribution is 0.777. The number of hydrogen-bond donors (Lipinski definition) is 1. The molecule has 0 fully saturated rings. The number of aromatic nitrogens is 3. The molecule has 3 rings (SSSR count). The van der Waals surface area contributed by atoms with E-state index in [0.717, 1.165) is 33.3 Å². The molecule has 2 aromatic heterocycles. The standard InChI is InChI=1S/C14H14N4S/c1-9-10(5-3-6-11(9)15)14-16-13(17-18(14)2)12-7-4-8-19-12/h3-8H,15H2,1-2H3. The topological polar surface area (TPSA) is 56.7 Å². The van der Waals surface area contributed by atoms with Crippen LogP contribution in [0.15, 0.2) is 35.7 Å². The zero-order valence-electron chi connectivity index (χ0n) is 10.8. The van der Waals surface area contributed by atoms with Gasteiger partial charge in [0.05, 0.1) is 4.88 Å². The summed E-state index contributed by atoms with van der Waals surface area (Å²) >= 11 is 1.64. The van der Waals surface area contributed by atoms with Crippen molar-refractivity contribution in [1.29, 1.82) is 0 Å². The summed E-state index contributed by atoms with van der Waals surface area (Å²) < 4.78 is 1.80. The highest BCUT2D eigenvalue weighted by molar-refractivity contribution is 7.13. The van der Waals surface area contributed by atoms with Gasteiger partial charge in [-0.1, -0.05) is 18.2 Å². The van der Waals surface area contributed by atoms with E-state index in [2.05, 4.69) is 10.1 Å². The first-order valence-corrected chi connectivity index (χ1v) is 6.85. The molecule has 0 spiro atoms. The Labute approximate surface area is 115 Å². The van der Waals surface area contributed by atoms with E-state index in [1.807, 2.05) is 49.7 Å². The maximum atomic E-state index is 5.95. The number of rotatable bonds is 2. The first kappa shape index (κ1) is 11.9. The van der Waals surface area contributed by atoms with Gasteiger partial charge in [-0.3, -0.25) is 0 Å². The van der Waals surface area contributed by atoms with Crippen molar-refractivity contribution in [2.45, 2.75) is 6.92 Å². The molecule has 0 saturated heterocycles. The maximum absolute atomic E-state index is 5.95. The first-order chi connectivity index (χ1) is 9.16. The summed E-state index contributed by atoms with van der Waals surface area (Å²) in [6, 6.07) is 9.89. The van der Waals surface area contributed by atoms with Crippen LogP contribution in [0.3, 0.4) is 0 Å². The molecule has 0 amide bonds. The van der Waals surface area contributed by atoms with E-state index in [-0.39, 0.29) is 0 Å². The highest BCUT2D eigenvalue weighted by Gasteiger charge is 2.14. The second-order valence-electron chi connectivity index (χ2n) is 4.38. The van der Waals surface area contributed by atoms with Gasteiger partial charge in [0.25, 0.3) is 0 Å². The van der Waals surface area contributed by atoms with E-state index in [4.69, 9.17) is 5.73 Å². The molecule has 4 nitrogen and oxygen atoms in total. The number of nitrogens with two attached hydrogens (primary N) is 1. The Hall–Kier alpha value is -2.14. The number of aryl methyl sites for hydroxylation is 1. The SMILES string of the molecule is Cc1c(N)cccc1-c1nc(-c2cccs2)nn1C. The molecule has 96 valence electrons. The number of thiophene rings is 1. The summed E-state index contributed by atoms with van der Waals surface area (Å²) in [4.78, 5) is 5.70. The van der Waals surface area contributed by atoms with Gasteiger partial charge in [-0.15, -0.1) is 16.4 Å². The van der Waals surface area contributed by atoms with Crippen LogP contribution in [0.25, 0.3) is 22.1 Å². The summed E-state index contributed by atoms with van der Waals surface area (Å²) in [6.07, 6.45) is 0. The molecule has 0 aliphatic rings. The van der Waals surface area contributed by atoms with Crippen LogP contribution in [0.1, 0.15) is 5.56 Å². The zero-order valence-corrected chi connectivity index (χ0v) is 11.6. The van der Waals surface area contributed by atoms with Crippen molar-refractivity contribution in [2.24, 2.45) is 7.05 Å². The molecule has 0 saturated carbocycles. The van der Waals surface area contributed by atoms with Gasteiger partial charge in [-0.25, -0.2) is 9.67 Å². The largest absolute Gasteiger partial charge is 0.398 e. The van der Waals surface area contributed by atoms with Crippen molar-refractivity contribution in [1.82, 2.24) is 14.8 Å². The predicted octanol–water partition coefficient (Wildman–Crippen LogP) is 3.10. The van der Waals surface area contributed by atoms with Gasteiger partial charge in [0.2, 0.25) is 0 Å². The molecule has 0 bridgehead atoms. The quantitative estimate of drug-likeness (QED) is 0.728. The fraction of sp³-hybridized carbons (Fsp3) is 0.143. The smallest absolute Gasteiger partial charge is 0.191 e. The van der Waals surface area contributed by atoms with Crippen LogP contribution >= 0.6 is 11.3 Å². The van der Waals surface area contributed by atoms with Crippen LogP contribution in [0.2, 0.25) is 0 Å². The molecular formula is C14H14N4S. The van der Waals surface area contributed by atoms with Gasteiger partial charge in [-0.2, -0.15) is 0 Å². The fourth-order valence-electron chi connectivity index (χ4n) is 2.02. The molecule has 0 atom stereocenters. The van der Waals surface area contributed by atoms with E-state index in [0.29, 0.717) is 0 Å². The third-order valence-corrected chi connectivity index (χ3v) is 3.99. The maximum Gasteiger partial charge on any atom is 0.191 e. The molecular weight excluding hydrogens is 256 g/mol. The summed E-state index contributed by atoms with van der Waals surface area (Å²) in [5.74, 6) is 1.60. The summed E-state index contributed by atoms with van der Waals surface area (Å²) in [5.41, 5.74) is 8.79. The van der Waals surface area contributed by atoms with Crippen molar-refractivity contribution in [3.05, 3.63) is 41.3 Å². The molecule has 1 aromatic carbocycles. The van der Waals surface area contributed by atoms with Crippen molar-refractivity contribution in [3.8, 4) is 22.1 Å². The molecule has 0 aliphatic heterocycles. The molecule has 2 heterocycles. The second kappa shape index (κ2) is 4.51. The van der Waals surface area contributed by atoms with E-state index in [1.165, 1.54) is 0 Å². The number of benzene rings is 1. The monoisotopic (exact) mass is 270 g/mol. The van der Waals surface area contributed by atoms with Crippen molar-refractivity contribution < 1.29 is 0 Å². The highest BCUT2D eigenvalue weighted by atomic mass is 32.1. The lowest BCUT2D eigenvalue weighted by Crippen LogP contribution is -1.98. The van der Waals surface area contributed by atoms with Crippen LogP contribution in [0, 0.1) is 6.92 Å². The van der Waals surface area contributed by atoms with Gasteiger partial charge < -0.3 is 5.73 Å². The normalized spacial score (nSPS) is 10.8. The minimum atomic E-state index is 0.759. The molecule has 2 N–H and O–H groups in total. The third kappa shape index (κ3) is 2.02. The van der Waals surface area contributed by atoms with Crippen LogP contribution in [0.5, 0.6) is 0 Å². The summed E-state index contributed by atoms with van der Waals surface area (Å²) in [7, 11) is 1.90. The van der Waals surface area contributed by atoms with E-state index < -0.39 is 0 Å². The van der Waals surface area contributed by atoms with Crippen molar-refractivity contribution in [3.63, 3.8) is 0 Å². The van der Waals surface area contributed by atoms with Crippen LogP contribution in [0.4, 0.5) is 5.69 Å². The lowest BCUT2D eigenvalue weighted by atomic mass is 10.1. The summed E-state index contributed by atoms with van der Waals surface area (Å²) in [5, 5.41) is 6.50. The van der Waals surface area contributed by atoms with Gasteiger partial charge in [0.15, 0.2) is 11.6 Å². The lowest BCUT2D eigenvalue weighted by Gasteiger charge is -2.06. The van der Waals surface area contributed by atoms with E-state index in [9.17, 15) is 0 Å². The number of anilines is 1. The average Bonchev–Trinajstić information content (AvgIpc) is 3.02. The Balaban J connectivity index is 2.14. The minimum absolute atomic E-state index is 0.759. The molecule has 3 aromatic rings. The van der Waals surface area contributed by atoms with E-state index in [1.54, 1.807) is 16.0 Å². The molecule has 19 heavy (non-hydrogen) atoms. The van der Waals surface area contributed by atoms with Gasteiger partial charge >= 0.3 is 0 Å². The Kier molecular flexibility index (Phi) is 2.83. The molecule has 0 aliphatic carbocycles. The van der Waals surface area contributed by atoms with E-state index >= 15 is 0 Å². The fourth-order valence-corrected chi connectivity index (χ4v) is 2.68. The highest BCUT2D eigenvalue weighted by Crippen LogP contribution is 2.28. The molecule has 0 unspecified atom stereocenters. The van der Waals surface area contributed by atoms with Crippen molar-refractivity contribution in [2.75, 3.05) is 5.73 Å². The Morgan fingerprint density at radius 3 is 2.79 bits per heavy atom. The van der Waals surface area contributed by atoms with Gasteiger partial charge in [0.1, 0.15) is 0 Å². The van der Waals surface area contributed by atoms with Crippen LogP contribution in [-0.2, 0) is 7.05 Å². The van der Waals surface area contributed by atoms with Crippen LogP contribution < -0.4 is 5.73 Å². The van der Waals surface area contributed by atoms with Crippen molar-refractivity contribution >= 4 is 17.0 Å². The third-order valence-electron chi connectivity index (χ3n) is 3.12. The number of nitrogen functional groups attached to an aromatic ring is 1. The van der Waals surface area contributed by atoms with Gasteiger partial charge in [-0.05, 0) is 30.0 Å². The minimum Gasteiger partial charge on any atom is -0.398 e. The molecule has 0 radical (unpaired) electrons.